The van der Waals surface area contributed by atoms with Gasteiger partial charge in [-0.3, -0.25) is 13.9 Å². The number of aryl methyl sites for hydroxylation is 2. The summed E-state index contributed by atoms with van der Waals surface area (Å²) in [6.45, 7) is 5.11. The van der Waals surface area contributed by atoms with E-state index >= 15 is 0 Å². The molecule has 0 aromatic heterocycles. The summed E-state index contributed by atoms with van der Waals surface area (Å²) in [6.07, 6.45) is 0.190. The van der Waals surface area contributed by atoms with Crippen LogP contribution >= 0.6 is 23.2 Å². The molecule has 44 heavy (non-hydrogen) atoms. The Morgan fingerprint density at radius 2 is 1.43 bits per heavy atom. The fraction of sp³-hybridized carbons (Fsp3) is 0.235. The smallest absolute Gasteiger partial charge is 0.264 e. The number of nitrogens with zero attached hydrogens (tertiary/aromatic N) is 2. The Morgan fingerprint density at radius 1 is 0.818 bits per heavy atom. The molecule has 0 fully saturated rings. The molecule has 0 aliphatic rings. The van der Waals surface area contributed by atoms with Gasteiger partial charge in [-0.1, -0.05) is 95.5 Å². The average Bonchev–Trinajstić information content (AvgIpc) is 3.00. The second-order valence-corrected chi connectivity index (χ2v) is 13.1. The predicted molar refractivity (Wildman–Crippen MR) is 177 cm³/mol. The van der Waals surface area contributed by atoms with Crippen molar-refractivity contribution >= 4 is 50.7 Å². The molecule has 0 saturated heterocycles. The van der Waals surface area contributed by atoms with Crippen LogP contribution in [0.1, 0.15) is 29.2 Å². The van der Waals surface area contributed by atoms with E-state index in [1.807, 2.05) is 37.3 Å². The molecule has 0 spiro atoms. The monoisotopic (exact) mass is 651 g/mol. The number of benzene rings is 4. The molecule has 1 N–H and O–H groups in total. The summed E-state index contributed by atoms with van der Waals surface area (Å²) in [5, 5.41) is 3.49. The normalized spacial score (nSPS) is 11.9. The summed E-state index contributed by atoms with van der Waals surface area (Å²) < 4.78 is 29.4. The second-order valence-electron chi connectivity index (χ2n) is 10.4. The molecule has 0 bridgehead atoms. The molecule has 0 heterocycles. The molecule has 10 heteroatoms. The van der Waals surface area contributed by atoms with Crippen molar-refractivity contribution in [3.8, 4) is 0 Å². The largest absolute Gasteiger partial charge is 0.355 e. The van der Waals surface area contributed by atoms with Crippen molar-refractivity contribution in [2.45, 2.75) is 44.7 Å². The van der Waals surface area contributed by atoms with Crippen molar-refractivity contribution in [2.75, 3.05) is 17.4 Å². The second kappa shape index (κ2) is 14.8. The number of likely N-dealkylation sites (N-methyl/N-ethyl adjacent to an activating group) is 1. The fourth-order valence-electron chi connectivity index (χ4n) is 4.89. The molecule has 0 aliphatic carbocycles. The molecule has 0 aliphatic heterocycles. The van der Waals surface area contributed by atoms with Crippen LogP contribution in [0, 0.1) is 13.8 Å². The van der Waals surface area contributed by atoms with E-state index in [-0.39, 0.29) is 23.8 Å². The van der Waals surface area contributed by atoms with Crippen LogP contribution in [0.5, 0.6) is 0 Å². The van der Waals surface area contributed by atoms with Crippen molar-refractivity contribution < 1.29 is 18.0 Å². The van der Waals surface area contributed by atoms with Gasteiger partial charge in [0.2, 0.25) is 11.8 Å². The maximum Gasteiger partial charge on any atom is 0.264 e. The highest BCUT2D eigenvalue weighted by atomic mass is 35.5. The average molecular weight is 653 g/mol. The van der Waals surface area contributed by atoms with Gasteiger partial charge in [0.15, 0.2) is 0 Å². The predicted octanol–water partition coefficient (Wildman–Crippen LogP) is 6.58. The molecule has 7 nitrogen and oxygen atoms in total. The van der Waals surface area contributed by atoms with Crippen LogP contribution in [0.2, 0.25) is 10.0 Å². The number of hydrogen-bond acceptors (Lipinski definition) is 4. The minimum absolute atomic E-state index is 0.0458. The number of rotatable bonds is 12. The highest BCUT2D eigenvalue weighted by molar-refractivity contribution is 7.92. The van der Waals surface area contributed by atoms with Gasteiger partial charge >= 0.3 is 0 Å². The highest BCUT2D eigenvalue weighted by Gasteiger charge is 2.35. The molecular weight excluding hydrogens is 617 g/mol. The molecule has 4 aromatic carbocycles. The summed E-state index contributed by atoms with van der Waals surface area (Å²) in [6, 6.07) is 26.8. The van der Waals surface area contributed by atoms with E-state index in [4.69, 9.17) is 23.2 Å². The zero-order chi connectivity index (χ0) is 31.9. The van der Waals surface area contributed by atoms with E-state index in [1.165, 1.54) is 17.0 Å². The quantitative estimate of drug-likeness (QED) is 0.187. The van der Waals surface area contributed by atoms with Gasteiger partial charge < -0.3 is 10.2 Å². The fourth-order valence-corrected chi connectivity index (χ4v) is 6.89. The third-order valence-electron chi connectivity index (χ3n) is 7.28. The number of carbonyl (C=O) groups is 2. The van der Waals surface area contributed by atoms with Crippen LogP contribution in [0.4, 0.5) is 5.69 Å². The number of para-hydroxylation sites is 1. The first-order valence-corrected chi connectivity index (χ1v) is 16.4. The van der Waals surface area contributed by atoms with Gasteiger partial charge in [0.1, 0.15) is 12.6 Å². The number of hydrogen-bond donors (Lipinski definition) is 1. The summed E-state index contributed by atoms with van der Waals surface area (Å²) >= 11 is 13.1. The molecule has 230 valence electrons. The van der Waals surface area contributed by atoms with E-state index in [1.54, 1.807) is 68.4 Å². The minimum atomic E-state index is -4.19. The number of halogens is 2. The van der Waals surface area contributed by atoms with Crippen molar-refractivity contribution in [3.63, 3.8) is 0 Å². The highest BCUT2D eigenvalue weighted by Crippen LogP contribution is 2.30. The topological polar surface area (TPSA) is 86.8 Å². The lowest BCUT2D eigenvalue weighted by Gasteiger charge is -2.34. The van der Waals surface area contributed by atoms with Gasteiger partial charge in [0, 0.05) is 35.1 Å². The lowest BCUT2D eigenvalue weighted by atomic mass is 10.0. The van der Waals surface area contributed by atoms with Crippen molar-refractivity contribution in [1.29, 1.82) is 0 Å². The zero-order valence-electron chi connectivity index (χ0n) is 24.8. The first-order valence-electron chi connectivity index (χ1n) is 14.2. The van der Waals surface area contributed by atoms with Gasteiger partial charge in [0.05, 0.1) is 10.6 Å². The Balaban J connectivity index is 1.84. The Morgan fingerprint density at radius 3 is 2.05 bits per heavy atom. The summed E-state index contributed by atoms with van der Waals surface area (Å²) in [7, 11) is -4.19. The van der Waals surface area contributed by atoms with E-state index in [9.17, 15) is 18.0 Å². The maximum atomic E-state index is 14.5. The van der Waals surface area contributed by atoms with Crippen molar-refractivity contribution in [2.24, 2.45) is 0 Å². The molecule has 0 saturated carbocycles. The number of carbonyl (C=O) groups excluding carboxylic acids is 2. The van der Waals surface area contributed by atoms with E-state index in [0.717, 1.165) is 15.4 Å². The summed E-state index contributed by atoms with van der Waals surface area (Å²) in [4.78, 5) is 29.5. The number of sulfonamides is 1. The van der Waals surface area contributed by atoms with Crippen LogP contribution in [-0.4, -0.2) is 44.3 Å². The van der Waals surface area contributed by atoms with E-state index in [0.29, 0.717) is 33.4 Å². The maximum absolute atomic E-state index is 14.5. The molecule has 4 rings (SSSR count). The zero-order valence-corrected chi connectivity index (χ0v) is 27.2. The van der Waals surface area contributed by atoms with Gasteiger partial charge in [-0.05, 0) is 62.2 Å². The Bertz CT molecular complexity index is 1690. The molecule has 4 aromatic rings. The molecule has 1 unspecified atom stereocenters. The van der Waals surface area contributed by atoms with Crippen LogP contribution in [0.25, 0.3) is 0 Å². The number of anilines is 1. The van der Waals surface area contributed by atoms with Gasteiger partial charge in [-0.2, -0.15) is 0 Å². The third kappa shape index (κ3) is 7.80. The Labute approximate surface area is 269 Å². The molecule has 0 radical (unpaired) electrons. The van der Waals surface area contributed by atoms with E-state index < -0.39 is 28.5 Å². The third-order valence-corrected chi connectivity index (χ3v) is 9.77. The van der Waals surface area contributed by atoms with E-state index in [2.05, 4.69) is 5.32 Å². The van der Waals surface area contributed by atoms with Crippen LogP contribution in [-0.2, 0) is 32.6 Å². The summed E-state index contributed by atoms with van der Waals surface area (Å²) in [5.41, 5.74) is 3.21. The lowest BCUT2D eigenvalue weighted by Crippen LogP contribution is -2.53. The number of amides is 2. The Hall–Kier alpha value is -3.85. The number of nitrogens with one attached hydrogen (secondary N) is 1. The lowest BCUT2D eigenvalue weighted by molar-refractivity contribution is -0.140. The van der Waals surface area contributed by atoms with Crippen molar-refractivity contribution in [3.05, 3.63) is 129 Å². The SMILES string of the molecule is CCNC(=O)C(Cc1ccccc1)N(Cc1c(Cl)cccc1Cl)C(=O)CN(c1ccccc1C)S(=O)(=O)c1ccc(C)cc1. The van der Waals surface area contributed by atoms with Gasteiger partial charge in [-0.15, -0.1) is 0 Å². The molecule has 2 amide bonds. The standard InChI is InChI=1S/C34H35Cl2N3O4S/c1-4-37-34(41)32(21-26-12-6-5-7-13-26)38(22-28-29(35)14-10-15-30(28)36)33(40)23-39(31-16-9-8-11-25(31)3)44(42,43)27-19-17-24(2)18-20-27/h5-20,32H,4,21-23H2,1-3H3,(H,37,41). The Kier molecular flexibility index (Phi) is 11.1. The van der Waals surface area contributed by atoms with Crippen LogP contribution in [0.15, 0.2) is 102 Å². The first kappa shape index (κ1) is 33.1. The molecular formula is C34H35Cl2N3O4S. The first-order chi connectivity index (χ1) is 21.0. The molecule has 1 atom stereocenters. The minimum Gasteiger partial charge on any atom is -0.355 e. The summed E-state index contributed by atoms with van der Waals surface area (Å²) in [5.74, 6) is -0.969. The van der Waals surface area contributed by atoms with Crippen LogP contribution in [0.3, 0.4) is 0 Å². The van der Waals surface area contributed by atoms with Crippen molar-refractivity contribution in [1.82, 2.24) is 10.2 Å². The van der Waals surface area contributed by atoms with Crippen LogP contribution < -0.4 is 9.62 Å². The van der Waals surface area contributed by atoms with Gasteiger partial charge in [0.25, 0.3) is 10.0 Å². The van der Waals surface area contributed by atoms with Gasteiger partial charge in [-0.25, -0.2) is 8.42 Å².